The second-order valence-corrected chi connectivity index (χ2v) is 6.77. The molecule has 8 heteroatoms. The highest BCUT2D eigenvalue weighted by atomic mass is 19.4. The van der Waals surface area contributed by atoms with Crippen molar-refractivity contribution in [2.75, 3.05) is 0 Å². The molecule has 0 fully saturated rings. The number of ether oxygens (including phenoxy) is 1. The highest BCUT2D eigenvalue weighted by molar-refractivity contribution is 5.76. The number of amides is 1. The van der Waals surface area contributed by atoms with E-state index in [-0.39, 0.29) is 30.4 Å². The average Bonchev–Trinajstić information content (AvgIpc) is 3.19. The average molecular weight is 400 g/mol. The van der Waals surface area contributed by atoms with E-state index in [0.717, 1.165) is 17.2 Å². The number of carbonyl (C=O) groups excluding carboxylic acids is 1. The van der Waals surface area contributed by atoms with Gasteiger partial charge in [0.25, 0.3) is 0 Å². The van der Waals surface area contributed by atoms with E-state index in [1.54, 1.807) is 36.5 Å². The van der Waals surface area contributed by atoms with Crippen molar-refractivity contribution in [1.29, 1.82) is 0 Å². The van der Waals surface area contributed by atoms with E-state index in [0.29, 0.717) is 11.6 Å². The third kappa shape index (κ3) is 3.65. The maximum atomic E-state index is 13.1. The lowest BCUT2D eigenvalue weighted by Crippen LogP contribution is -2.24. The summed E-state index contributed by atoms with van der Waals surface area (Å²) >= 11 is 0. The molecule has 1 aromatic heterocycles. The molecule has 2 aromatic carbocycles. The molecular weight excluding hydrogens is 383 g/mol. The van der Waals surface area contributed by atoms with Crippen molar-refractivity contribution in [3.8, 4) is 5.75 Å². The van der Waals surface area contributed by atoms with Gasteiger partial charge in [-0.15, -0.1) is 5.10 Å². The Morgan fingerprint density at radius 3 is 2.62 bits per heavy atom. The standard InChI is InChI=1S/C21H17F3N3O2/c1-27-19(28)10-16(17-11-25-26-20(17)27)13-6-8-15(9-7-13)29-12-14-4-2-3-5-18(14)21(22,23)24/h2-9,11,16H,1,10,12H2,(H,25,26)/q+1. The van der Waals surface area contributed by atoms with Crippen molar-refractivity contribution in [2.24, 2.45) is 0 Å². The van der Waals surface area contributed by atoms with Gasteiger partial charge in [0.1, 0.15) is 12.4 Å². The van der Waals surface area contributed by atoms with Gasteiger partial charge in [-0.2, -0.15) is 17.7 Å². The molecule has 0 bridgehead atoms. The van der Waals surface area contributed by atoms with Crippen molar-refractivity contribution in [3.63, 3.8) is 0 Å². The van der Waals surface area contributed by atoms with Gasteiger partial charge in [-0.1, -0.05) is 35.4 Å². The van der Waals surface area contributed by atoms with Crippen molar-refractivity contribution in [2.45, 2.75) is 25.1 Å². The molecule has 1 N–H and O–H groups in total. The Bertz CT molecular complexity index is 1070. The van der Waals surface area contributed by atoms with E-state index in [1.807, 2.05) is 0 Å². The Balaban J connectivity index is 1.51. The van der Waals surface area contributed by atoms with Crippen LogP contribution >= 0.6 is 0 Å². The summed E-state index contributed by atoms with van der Waals surface area (Å²) in [7, 11) is 0. The molecule has 1 amide bonds. The molecule has 0 saturated heterocycles. The second-order valence-electron chi connectivity index (χ2n) is 6.77. The third-order valence-electron chi connectivity index (χ3n) is 4.97. The lowest BCUT2D eigenvalue weighted by molar-refractivity contribution is -0.367. The lowest BCUT2D eigenvalue weighted by Gasteiger charge is -2.19. The minimum Gasteiger partial charge on any atom is -0.489 e. The minimum atomic E-state index is -4.43. The zero-order valence-electron chi connectivity index (χ0n) is 15.2. The number of H-pyrrole nitrogens is 1. The first kappa shape index (κ1) is 18.9. The lowest BCUT2D eigenvalue weighted by atomic mass is 9.87. The number of rotatable bonds is 4. The molecule has 3 aromatic rings. The summed E-state index contributed by atoms with van der Waals surface area (Å²) in [5.74, 6) is 0.708. The van der Waals surface area contributed by atoms with Gasteiger partial charge >= 0.3 is 17.9 Å². The fourth-order valence-electron chi connectivity index (χ4n) is 3.46. The van der Waals surface area contributed by atoms with Crippen LogP contribution in [0.5, 0.6) is 5.75 Å². The number of carbonyl (C=O) groups is 1. The smallest absolute Gasteiger partial charge is 0.416 e. The van der Waals surface area contributed by atoms with Crippen molar-refractivity contribution < 1.29 is 27.3 Å². The molecule has 1 aliphatic rings. The molecule has 1 atom stereocenters. The van der Waals surface area contributed by atoms with E-state index >= 15 is 0 Å². The number of fused-ring (bicyclic) bond motifs is 1. The summed E-state index contributed by atoms with van der Waals surface area (Å²) in [5.41, 5.74) is 1.12. The minimum absolute atomic E-state index is 0.0699. The van der Waals surface area contributed by atoms with E-state index in [2.05, 4.69) is 16.9 Å². The van der Waals surface area contributed by atoms with Gasteiger partial charge in [0.2, 0.25) is 0 Å². The van der Waals surface area contributed by atoms with Gasteiger partial charge in [-0.05, 0) is 23.8 Å². The molecule has 5 nitrogen and oxygen atoms in total. The summed E-state index contributed by atoms with van der Waals surface area (Å²) < 4.78 is 46.1. The number of aromatic nitrogens is 2. The predicted molar refractivity (Wildman–Crippen MR) is 99.3 cm³/mol. The number of aromatic amines is 1. The summed E-state index contributed by atoms with van der Waals surface area (Å²) in [6, 6.07) is 12.3. The van der Waals surface area contributed by atoms with E-state index < -0.39 is 11.7 Å². The molecule has 1 aliphatic heterocycles. The van der Waals surface area contributed by atoms with Gasteiger partial charge in [0, 0.05) is 11.5 Å². The first-order chi connectivity index (χ1) is 13.8. The van der Waals surface area contributed by atoms with Crippen LogP contribution in [-0.2, 0) is 17.6 Å². The first-order valence-corrected chi connectivity index (χ1v) is 8.89. The number of hydrogen-bond acceptors (Lipinski definition) is 3. The molecule has 29 heavy (non-hydrogen) atoms. The van der Waals surface area contributed by atoms with Crippen LogP contribution in [0.15, 0.2) is 54.7 Å². The molecule has 0 radical (unpaired) electrons. The third-order valence-corrected chi connectivity index (χ3v) is 4.97. The number of hydrogen-bond donors (Lipinski definition) is 1. The zero-order chi connectivity index (χ0) is 20.6. The molecule has 4 rings (SSSR count). The van der Waals surface area contributed by atoms with Crippen LogP contribution in [0.1, 0.15) is 34.6 Å². The van der Waals surface area contributed by atoms with Crippen LogP contribution < -0.4 is 4.74 Å². The largest absolute Gasteiger partial charge is 0.489 e. The zero-order valence-corrected chi connectivity index (χ0v) is 15.2. The van der Waals surface area contributed by atoms with Gasteiger partial charge < -0.3 is 4.74 Å². The van der Waals surface area contributed by atoms with E-state index in [4.69, 9.17) is 4.74 Å². The SMILES string of the molecule is C=[N+]1C(=O)CC(c2ccc(OCc3ccccc3C(F)(F)F)cc2)c2cn[nH]c21. The maximum absolute atomic E-state index is 13.1. The Kier molecular flexibility index (Phi) is 4.70. The van der Waals surface area contributed by atoms with Crippen LogP contribution in [0.2, 0.25) is 0 Å². The maximum Gasteiger partial charge on any atom is 0.416 e. The van der Waals surface area contributed by atoms with E-state index in [1.165, 1.54) is 16.7 Å². The van der Waals surface area contributed by atoms with Crippen molar-refractivity contribution in [1.82, 2.24) is 10.2 Å². The number of alkyl halides is 3. The fourth-order valence-corrected chi connectivity index (χ4v) is 3.46. The second kappa shape index (κ2) is 7.20. The fraction of sp³-hybridized carbons (Fsp3) is 0.190. The van der Waals surface area contributed by atoms with Crippen molar-refractivity contribution in [3.05, 3.63) is 77.0 Å². The molecule has 148 valence electrons. The van der Waals surface area contributed by atoms with Crippen LogP contribution in [0, 0.1) is 0 Å². The Morgan fingerprint density at radius 1 is 1.17 bits per heavy atom. The molecular formula is C21H17F3N3O2+. The topological polar surface area (TPSA) is 58.0 Å². The molecule has 1 unspecified atom stereocenters. The number of nitrogens with one attached hydrogen (secondary N) is 1. The number of benzene rings is 2. The predicted octanol–water partition coefficient (Wildman–Crippen LogP) is 4.41. The summed E-state index contributed by atoms with van der Waals surface area (Å²) in [6.07, 6.45) is -2.50. The van der Waals surface area contributed by atoms with Crippen LogP contribution in [0.4, 0.5) is 19.0 Å². The van der Waals surface area contributed by atoms with Gasteiger partial charge in [-0.3, -0.25) is 0 Å². The molecule has 2 heterocycles. The van der Waals surface area contributed by atoms with Crippen LogP contribution in [-0.4, -0.2) is 27.4 Å². The summed E-state index contributed by atoms with van der Waals surface area (Å²) in [6.45, 7) is 3.53. The molecule has 0 spiro atoms. The van der Waals surface area contributed by atoms with Gasteiger partial charge in [0.15, 0.2) is 0 Å². The molecule has 0 saturated carbocycles. The summed E-state index contributed by atoms with van der Waals surface area (Å²) in [4.78, 5) is 12.2. The Labute approximate surface area is 164 Å². The Hall–Kier alpha value is -3.42. The molecule has 0 aliphatic carbocycles. The normalized spacial score (nSPS) is 16.6. The highest BCUT2D eigenvalue weighted by Gasteiger charge is 2.36. The van der Waals surface area contributed by atoms with E-state index in [9.17, 15) is 18.0 Å². The first-order valence-electron chi connectivity index (χ1n) is 8.89. The van der Waals surface area contributed by atoms with Crippen molar-refractivity contribution >= 4 is 18.4 Å². The van der Waals surface area contributed by atoms with Gasteiger partial charge in [0.05, 0.1) is 30.5 Å². The number of halogens is 3. The Morgan fingerprint density at radius 2 is 1.90 bits per heavy atom. The van der Waals surface area contributed by atoms with Gasteiger partial charge in [-0.25, -0.2) is 4.79 Å². The van der Waals surface area contributed by atoms with Crippen LogP contribution in [0.3, 0.4) is 0 Å². The van der Waals surface area contributed by atoms with Crippen LogP contribution in [0.25, 0.3) is 0 Å². The summed E-state index contributed by atoms with van der Waals surface area (Å²) in [5, 5.41) is 6.78. The number of nitrogens with zero attached hydrogens (tertiary/aromatic N) is 2. The highest BCUT2D eigenvalue weighted by Crippen LogP contribution is 2.38. The monoisotopic (exact) mass is 400 g/mol. The quantitative estimate of drug-likeness (QED) is 0.660.